The fourth-order valence-electron chi connectivity index (χ4n) is 3.05. The van der Waals surface area contributed by atoms with Crippen LogP contribution < -0.4 is 4.74 Å². The number of benzene rings is 1. The minimum Gasteiger partial charge on any atom is -0.497 e. The van der Waals surface area contributed by atoms with Crippen molar-refractivity contribution in [1.29, 1.82) is 0 Å². The third-order valence-electron chi connectivity index (χ3n) is 4.22. The van der Waals surface area contributed by atoms with Crippen LogP contribution >= 0.6 is 0 Å². The third kappa shape index (κ3) is 4.59. The number of hydrogen-bond donors (Lipinski definition) is 1. The molecule has 1 fully saturated rings. The van der Waals surface area contributed by atoms with Crippen molar-refractivity contribution in [3.63, 3.8) is 0 Å². The van der Waals surface area contributed by atoms with E-state index in [4.69, 9.17) is 9.84 Å². The molecule has 0 radical (unpaired) electrons. The van der Waals surface area contributed by atoms with Gasteiger partial charge in [-0.15, -0.1) is 0 Å². The standard InChI is InChI=1S/C17H23NO3/c1-21-15-7-5-14(6-8-15)12-18-13-17(11-16(19)20)9-3-2-4-10-17/h5-8,12H,2-4,9-11,13H2,1H3,(H,19,20). The number of rotatable bonds is 6. The molecule has 0 unspecified atom stereocenters. The van der Waals surface area contributed by atoms with Crippen molar-refractivity contribution in [1.82, 2.24) is 0 Å². The fourth-order valence-corrected chi connectivity index (χ4v) is 3.05. The van der Waals surface area contributed by atoms with Crippen LogP contribution in [-0.4, -0.2) is 30.9 Å². The number of carboxylic acid groups (broad SMARTS) is 1. The average molecular weight is 289 g/mol. The van der Waals surface area contributed by atoms with E-state index in [0.29, 0.717) is 6.54 Å². The van der Waals surface area contributed by atoms with Crippen LogP contribution in [-0.2, 0) is 4.79 Å². The topological polar surface area (TPSA) is 58.9 Å². The van der Waals surface area contributed by atoms with Crippen molar-refractivity contribution < 1.29 is 14.6 Å². The Morgan fingerprint density at radius 1 is 1.29 bits per heavy atom. The van der Waals surface area contributed by atoms with Crippen molar-refractivity contribution in [2.75, 3.05) is 13.7 Å². The Morgan fingerprint density at radius 2 is 1.95 bits per heavy atom. The van der Waals surface area contributed by atoms with Gasteiger partial charge in [0.2, 0.25) is 0 Å². The highest BCUT2D eigenvalue weighted by atomic mass is 16.5. The molecule has 0 spiro atoms. The van der Waals surface area contributed by atoms with E-state index >= 15 is 0 Å². The number of ether oxygens (including phenoxy) is 1. The quantitative estimate of drug-likeness (QED) is 0.815. The van der Waals surface area contributed by atoms with Crippen molar-refractivity contribution in [3.05, 3.63) is 29.8 Å². The molecule has 4 heteroatoms. The van der Waals surface area contributed by atoms with Gasteiger partial charge < -0.3 is 9.84 Å². The molecule has 0 amide bonds. The zero-order valence-electron chi connectivity index (χ0n) is 12.5. The number of methoxy groups -OCH3 is 1. The lowest BCUT2D eigenvalue weighted by atomic mass is 9.72. The van der Waals surface area contributed by atoms with E-state index in [1.807, 2.05) is 30.5 Å². The van der Waals surface area contributed by atoms with Gasteiger partial charge in [0, 0.05) is 18.2 Å². The smallest absolute Gasteiger partial charge is 0.303 e. The van der Waals surface area contributed by atoms with Gasteiger partial charge in [0.05, 0.1) is 13.5 Å². The van der Waals surface area contributed by atoms with Crippen LogP contribution in [0.25, 0.3) is 0 Å². The molecule has 1 aliphatic carbocycles. The first-order chi connectivity index (χ1) is 10.1. The molecule has 0 heterocycles. The van der Waals surface area contributed by atoms with Gasteiger partial charge in [-0.3, -0.25) is 9.79 Å². The lowest BCUT2D eigenvalue weighted by molar-refractivity contribution is -0.140. The summed E-state index contributed by atoms with van der Waals surface area (Å²) in [6.45, 7) is 0.603. The molecule has 0 saturated heterocycles. The number of hydrogen-bond acceptors (Lipinski definition) is 3. The summed E-state index contributed by atoms with van der Waals surface area (Å²) in [4.78, 5) is 15.6. The molecule has 1 aromatic carbocycles. The van der Waals surface area contributed by atoms with Crippen LogP contribution in [0.2, 0.25) is 0 Å². The van der Waals surface area contributed by atoms with Crippen LogP contribution in [0.4, 0.5) is 0 Å². The van der Waals surface area contributed by atoms with Crippen molar-refractivity contribution in [2.45, 2.75) is 38.5 Å². The minimum absolute atomic E-state index is 0.146. The Morgan fingerprint density at radius 3 is 2.52 bits per heavy atom. The van der Waals surface area contributed by atoms with Gasteiger partial charge in [-0.05, 0) is 42.7 Å². The lowest BCUT2D eigenvalue weighted by Gasteiger charge is -2.34. The van der Waals surface area contributed by atoms with Crippen LogP contribution in [0.3, 0.4) is 0 Å². The summed E-state index contributed by atoms with van der Waals surface area (Å²) in [7, 11) is 1.64. The zero-order chi connectivity index (χ0) is 15.1. The lowest BCUT2D eigenvalue weighted by Crippen LogP contribution is -2.30. The predicted molar refractivity (Wildman–Crippen MR) is 83.2 cm³/mol. The molecule has 1 aromatic rings. The highest BCUT2D eigenvalue weighted by Gasteiger charge is 2.33. The number of aliphatic carboxylic acids is 1. The highest BCUT2D eigenvalue weighted by molar-refractivity contribution is 5.79. The molecule has 0 bridgehead atoms. The summed E-state index contributed by atoms with van der Waals surface area (Å²) in [6, 6.07) is 7.70. The number of nitrogens with zero attached hydrogens (tertiary/aromatic N) is 1. The van der Waals surface area contributed by atoms with Gasteiger partial charge in [0.25, 0.3) is 0 Å². The first-order valence-electron chi connectivity index (χ1n) is 7.49. The SMILES string of the molecule is COc1ccc(C=NCC2(CC(=O)O)CCCCC2)cc1. The zero-order valence-corrected chi connectivity index (χ0v) is 12.5. The van der Waals surface area contributed by atoms with Crippen molar-refractivity contribution >= 4 is 12.2 Å². The first-order valence-corrected chi connectivity index (χ1v) is 7.49. The summed E-state index contributed by atoms with van der Waals surface area (Å²) in [6.07, 6.45) is 7.45. The van der Waals surface area contributed by atoms with Crippen LogP contribution in [0.15, 0.2) is 29.3 Å². The number of carboxylic acids is 1. The summed E-state index contributed by atoms with van der Waals surface area (Å²) >= 11 is 0. The molecule has 1 aliphatic rings. The average Bonchev–Trinajstić information content (AvgIpc) is 2.48. The van der Waals surface area contributed by atoms with Crippen molar-refractivity contribution in [3.8, 4) is 5.75 Å². The summed E-state index contributed by atoms with van der Waals surface area (Å²) in [5.74, 6) is 0.110. The van der Waals surface area contributed by atoms with Gasteiger partial charge in [-0.1, -0.05) is 19.3 Å². The van der Waals surface area contributed by atoms with E-state index in [9.17, 15) is 4.79 Å². The molecule has 114 valence electrons. The normalized spacial score (nSPS) is 17.8. The maximum absolute atomic E-state index is 11.1. The van der Waals surface area contributed by atoms with Crippen molar-refractivity contribution in [2.24, 2.45) is 10.4 Å². The highest BCUT2D eigenvalue weighted by Crippen LogP contribution is 2.39. The Kier molecular flexibility index (Phi) is 5.37. The van der Waals surface area contributed by atoms with E-state index in [1.165, 1.54) is 6.42 Å². The second kappa shape index (κ2) is 7.25. The molecule has 21 heavy (non-hydrogen) atoms. The molecular formula is C17H23NO3. The number of aliphatic imine (C=N–C) groups is 1. The fraction of sp³-hybridized carbons (Fsp3) is 0.529. The van der Waals surface area contributed by atoms with E-state index < -0.39 is 5.97 Å². The van der Waals surface area contributed by atoms with E-state index in [0.717, 1.165) is 37.0 Å². The summed E-state index contributed by atoms with van der Waals surface area (Å²) < 4.78 is 5.12. The second-order valence-corrected chi connectivity index (χ2v) is 5.87. The minimum atomic E-state index is -0.712. The molecule has 1 saturated carbocycles. The Bertz CT molecular complexity index is 487. The predicted octanol–water partition coefficient (Wildman–Crippen LogP) is 3.54. The molecule has 0 aromatic heterocycles. The number of carbonyl (C=O) groups is 1. The maximum Gasteiger partial charge on any atom is 0.303 e. The Hall–Kier alpha value is -1.84. The van der Waals surface area contributed by atoms with Gasteiger partial charge in [0.1, 0.15) is 5.75 Å². The van der Waals surface area contributed by atoms with E-state index in [1.54, 1.807) is 7.11 Å². The van der Waals surface area contributed by atoms with E-state index in [-0.39, 0.29) is 11.8 Å². The van der Waals surface area contributed by atoms with Gasteiger partial charge in [-0.2, -0.15) is 0 Å². The second-order valence-electron chi connectivity index (χ2n) is 5.87. The third-order valence-corrected chi connectivity index (χ3v) is 4.22. The molecular weight excluding hydrogens is 266 g/mol. The molecule has 0 atom stereocenters. The van der Waals surface area contributed by atoms with Gasteiger partial charge in [0.15, 0.2) is 0 Å². The monoisotopic (exact) mass is 289 g/mol. The largest absolute Gasteiger partial charge is 0.497 e. The van der Waals surface area contributed by atoms with Gasteiger partial charge in [-0.25, -0.2) is 0 Å². The van der Waals surface area contributed by atoms with Crippen LogP contribution in [0, 0.1) is 5.41 Å². The molecule has 2 rings (SSSR count). The van der Waals surface area contributed by atoms with Crippen LogP contribution in [0.5, 0.6) is 5.75 Å². The summed E-state index contributed by atoms with van der Waals surface area (Å²) in [5, 5.41) is 9.14. The molecule has 1 N–H and O–H groups in total. The molecule has 0 aliphatic heterocycles. The Labute approximate surface area is 125 Å². The maximum atomic E-state index is 11.1. The van der Waals surface area contributed by atoms with Gasteiger partial charge >= 0.3 is 5.97 Å². The molecule has 4 nitrogen and oxygen atoms in total. The van der Waals surface area contributed by atoms with E-state index in [2.05, 4.69) is 4.99 Å². The Balaban J connectivity index is 1.99. The van der Waals surface area contributed by atoms with Crippen LogP contribution in [0.1, 0.15) is 44.1 Å². The first kappa shape index (κ1) is 15.5. The summed E-state index contributed by atoms with van der Waals surface area (Å²) in [5.41, 5.74) is 0.865.